The summed E-state index contributed by atoms with van der Waals surface area (Å²) in [4.78, 5) is 11.6. The summed E-state index contributed by atoms with van der Waals surface area (Å²) in [6.07, 6.45) is 0.622. The number of hydrogen-bond acceptors (Lipinski definition) is 4. The molecule has 0 aliphatic rings. The van der Waals surface area contributed by atoms with Gasteiger partial charge in [-0.1, -0.05) is 30.3 Å². The van der Waals surface area contributed by atoms with Gasteiger partial charge in [0.15, 0.2) is 0 Å². The van der Waals surface area contributed by atoms with Crippen molar-refractivity contribution in [3.63, 3.8) is 0 Å². The summed E-state index contributed by atoms with van der Waals surface area (Å²) in [5.41, 5.74) is 1.10. The summed E-state index contributed by atoms with van der Waals surface area (Å²) < 4.78 is 9.71. The van der Waals surface area contributed by atoms with E-state index in [2.05, 4.69) is 5.32 Å². The molecule has 1 atom stereocenters. The van der Waals surface area contributed by atoms with Crippen molar-refractivity contribution in [3.05, 3.63) is 35.9 Å². The Morgan fingerprint density at radius 3 is 2.59 bits per heavy atom. The van der Waals surface area contributed by atoms with E-state index in [1.54, 1.807) is 7.11 Å². The highest BCUT2D eigenvalue weighted by Gasteiger charge is 2.18. The Hall–Kier alpha value is -1.39. The van der Waals surface area contributed by atoms with Gasteiger partial charge in [0.25, 0.3) is 0 Å². The number of benzene rings is 1. The minimum atomic E-state index is -0.322. The van der Waals surface area contributed by atoms with Gasteiger partial charge in [0, 0.05) is 13.7 Å². The second-order valence-electron chi connectivity index (χ2n) is 3.71. The van der Waals surface area contributed by atoms with E-state index >= 15 is 0 Å². The van der Waals surface area contributed by atoms with Crippen molar-refractivity contribution in [2.45, 2.75) is 12.5 Å². The lowest BCUT2D eigenvalue weighted by Crippen LogP contribution is -2.41. The Bertz CT molecular complexity index is 327. The molecule has 94 valence electrons. The van der Waals surface area contributed by atoms with Crippen molar-refractivity contribution >= 4 is 5.97 Å². The van der Waals surface area contributed by atoms with Crippen LogP contribution in [0.1, 0.15) is 5.56 Å². The third kappa shape index (κ3) is 4.97. The van der Waals surface area contributed by atoms with E-state index in [9.17, 15) is 4.79 Å². The number of carbonyl (C=O) groups excluding carboxylic acids is 1. The normalized spacial score (nSPS) is 12.1. The van der Waals surface area contributed by atoms with Crippen molar-refractivity contribution in [1.29, 1.82) is 0 Å². The fraction of sp³-hybridized carbons (Fsp3) is 0.462. The number of ether oxygens (including phenoxy) is 2. The fourth-order valence-electron chi connectivity index (χ4n) is 1.57. The molecule has 0 amide bonds. The number of nitrogens with one attached hydrogen (secondary N) is 1. The summed E-state index contributed by atoms with van der Waals surface area (Å²) in [6, 6.07) is 9.53. The molecule has 1 aromatic carbocycles. The van der Waals surface area contributed by atoms with Gasteiger partial charge < -0.3 is 14.8 Å². The van der Waals surface area contributed by atoms with Gasteiger partial charge in [-0.3, -0.25) is 4.79 Å². The maximum absolute atomic E-state index is 11.6. The molecule has 1 N–H and O–H groups in total. The van der Waals surface area contributed by atoms with E-state index in [1.807, 2.05) is 30.3 Å². The largest absolute Gasteiger partial charge is 0.468 e. The highest BCUT2D eigenvalue weighted by Crippen LogP contribution is 2.04. The average Bonchev–Trinajstić information content (AvgIpc) is 2.38. The Morgan fingerprint density at radius 2 is 2.00 bits per heavy atom. The highest BCUT2D eigenvalue weighted by atomic mass is 16.5. The Balaban J connectivity index is 2.54. The first-order valence-electron chi connectivity index (χ1n) is 5.62. The van der Waals surface area contributed by atoms with Gasteiger partial charge in [0.05, 0.1) is 13.7 Å². The van der Waals surface area contributed by atoms with Crippen molar-refractivity contribution in [1.82, 2.24) is 5.32 Å². The molecule has 0 saturated heterocycles. The van der Waals surface area contributed by atoms with Crippen LogP contribution in [0.15, 0.2) is 30.3 Å². The maximum atomic E-state index is 11.6. The van der Waals surface area contributed by atoms with Gasteiger partial charge in [-0.2, -0.15) is 0 Å². The smallest absolute Gasteiger partial charge is 0.323 e. The summed E-state index contributed by atoms with van der Waals surface area (Å²) in [5.74, 6) is -0.245. The molecule has 4 nitrogen and oxygen atoms in total. The molecule has 0 aliphatic carbocycles. The van der Waals surface area contributed by atoms with Crippen LogP contribution >= 0.6 is 0 Å². The molecule has 0 aliphatic heterocycles. The lowest BCUT2D eigenvalue weighted by molar-refractivity contribution is -0.143. The van der Waals surface area contributed by atoms with Crippen LogP contribution in [0.2, 0.25) is 0 Å². The minimum absolute atomic E-state index is 0.245. The molecule has 1 aromatic rings. The van der Waals surface area contributed by atoms with Crippen molar-refractivity contribution < 1.29 is 14.3 Å². The van der Waals surface area contributed by atoms with E-state index < -0.39 is 0 Å². The molecule has 0 bridgehead atoms. The average molecular weight is 237 g/mol. The minimum Gasteiger partial charge on any atom is -0.468 e. The molecule has 0 spiro atoms. The van der Waals surface area contributed by atoms with E-state index in [0.717, 1.165) is 5.56 Å². The van der Waals surface area contributed by atoms with Gasteiger partial charge >= 0.3 is 5.97 Å². The summed E-state index contributed by atoms with van der Waals surface area (Å²) in [5, 5.41) is 3.12. The monoisotopic (exact) mass is 237 g/mol. The molecule has 1 unspecified atom stereocenters. The Morgan fingerprint density at radius 1 is 1.29 bits per heavy atom. The molecular formula is C13H19NO3. The first kappa shape index (κ1) is 13.7. The number of carbonyl (C=O) groups is 1. The lowest BCUT2D eigenvalue weighted by Gasteiger charge is -2.16. The second-order valence-corrected chi connectivity index (χ2v) is 3.71. The summed E-state index contributed by atoms with van der Waals surface area (Å²) in [7, 11) is 3.03. The van der Waals surface area contributed by atoms with Crippen LogP contribution in [0.3, 0.4) is 0 Å². The van der Waals surface area contributed by atoms with Crippen molar-refractivity contribution in [2.75, 3.05) is 27.4 Å². The molecule has 0 heterocycles. The van der Waals surface area contributed by atoms with E-state index in [0.29, 0.717) is 19.6 Å². The number of hydrogen-bond donors (Lipinski definition) is 1. The van der Waals surface area contributed by atoms with Crippen LogP contribution in [0.5, 0.6) is 0 Å². The van der Waals surface area contributed by atoms with Crippen molar-refractivity contribution in [3.8, 4) is 0 Å². The van der Waals surface area contributed by atoms with Crippen molar-refractivity contribution in [2.24, 2.45) is 0 Å². The summed E-state index contributed by atoms with van der Waals surface area (Å²) in [6.45, 7) is 1.20. The highest BCUT2D eigenvalue weighted by molar-refractivity contribution is 5.76. The fourth-order valence-corrected chi connectivity index (χ4v) is 1.57. The zero-order valence-electron chi connectivity index (χ0n) is 10.3. The van der Waals surface area contributed by atoms with Gasteiger partial charge in [0.2, 0.25) is 0 Å². The number of esters is 1. The zero-order valence-corrected chi connectivity index (χ0v) is 10.3. The maximum Gasteiger partial charge on any atom is 0.323 e. The van der Waals surface area contributed by atoms with Gasteiger partial charge in [-0.05, 0) is 12.0 Å². The number of rotatable bonds is 7. The first-order valence-corrected chi connectivity index (χ1v) is 5.62. The van der Waals surface area contributed by atoms with E-state index in [-0.39, 0.29) is 12.0 Å². The molecule has 0 fully saturated rings. The van der Waals surface area contributed by atoms with Crippen LogP contribution in [-0.2, 0) is 20.7 Å². The quantitative estimate of drug-likeness (QED) is 0.568. The molecule has 0 radical (unpaired) electrons. The molecular weight excluding hydrogens is 218 g/mol. The zero-order chi connectivity index (χ0) is 12.5. The summed E-state index contributed by atoms with van der Waals surface area (Å²) >= 11 is 0. The SMILES string of the molecule is COCCNC(Cc1ccccc1)C(=O)OC. The Kier molecular flexibility index (Phi) is 6.29. The van der Waals surface area contributed by atoms with Gasteiger partial charge in [-0.15, -0.1) is 0 Å². The van der Waals surface area contributed by atoms with Crippen LogP contribution in [0.4, 0.5) is 0 Å². The molecule has 4 heteroatoms. The van der Waals surface area contributed by atoms with Gasteiger partial charge in [0.1, 0.15) is 6.04 Å². The van der Waals surface area contributed by atoms with Crippen LogP contribution in [-0.4, -0.2) is 39.4 Å². The Labute approximate surface area is 102 Å². The van der Waals surface area contributed by atoms with Crippen LogP contribution < -0.4 is 5.32 Å². The van der Waals surface area contributed by atoms with E-state index in [1.165, 1.54) is 7.11 Å². The second kappa shape index (κ2) is 7.81. The first-order chi connectivity index (χ1) is 8.27. The third-order valence-corrected chi connectivity index (χ3v) is 2.47. The predicted molar refractivity (Wildman–Crippen MR) is 65.8 cm³/mol. The predicted octanol–water partition coefficient (Wildman–Crippen LogP) is 1.01. The van der Waals surface area contributed by atoms with E-state index in [4.69, 9.17) is 9.47 Å². The molecule has 17 heavy (non-hydrogen) atoms. The third-order valence-electron chi connectivity index (χ3n) is 2.47. The van der Waals surface area contributed by atoms with Gasteiger partial charge in [-0.25, -0.2) is 0 Å². The topological polar surface area (TPSA) is 47.6 Å². The van der Waals surface area contributed by atoms with Crippen LogP contribution in [0.25, 0.3) is 0 Å². The molecule has 0 aromatic heterocycles. The standard InChI is InChI=1S/C13H19NO3/c1-16-9-8-14-12(13(15)17-2)10-11-6-4-3-5-7-11/h3-7,12,14H,8-10H2,1-2H3. The molecule has 1 rings (SSSR count). The molecule has 0 saturated carbocycles. The number of methoxy groups -OCH3 is 2. The lowest BCUT2D eigenvalue weighted by atomic mass is 10.1. The van der Waals surface area contributed by atoms with Crippen LogP contribution in [0, 0.1) is 0 Å².